The first-order chi connectivity index (χ1) is 11.5. The van der Waals surface area contributed by atoms with Gasteiger partial charge in [-0.15, -0.1) is 11.5 Å². The molecular weight excluding hydrogens is 322 g/mol. The summed E-state index contributed by atoms with van der Waals surface area (Å²) in [6, 6.07) is 5.72. The fourth-order valence-electron chi connectivity index (χ4n) is 2.50. The molecule has 2 N–H and O–H groups in total. The summed E-state index contributed by atoms with van der Waals surface area (Å²) in [7, 11) is -3.78. The average molecular weight is 339 g/mol. The van der Waals surface area contributed by atoms with E-state index < -0.39 is 22.2 Å². The van der Waals surface area contributed by atoms with Crippen molar-refractivity contribution in [3.8, 4) is 0 Å². The van der Waals surface area contributed by atoms with Gasteiger partial charge in [0.1, 0.15) is 6.10 Å². The highest BCUT2D eigenvalue weighted by molar-refractivity contribution is 7.89. The Balaban J connectivity index is 1.93. The van der Waals surface area contributed by atoms with Crippen LogP contribution in [0.1, 0.15) is 5.56 Å². The molecular formula is C19H17NO3S. The SMILES string of the molecule is Cc1ccc(S(=O)(=O)N[C@@H](C2=C=CC=C2)[C@H](O)C2=C=CC=C2)cc1. The van der Waals surface area contributed by atoms with Crippen LogP contribution in [0.15, 0.2) is 88.2 Å². The summed E-state index contributed by atoms with van der Waals surface area (Å²) in [6.07, 6.45) is 9.25. The van der Waals surface area contributed by atoms with E-state index in [4.69, 9.17) is 0 Å². The van der Waals surface area contributed by atoms with E-state index in [0.717, 1.165) is 5.56 Å². The minimum absolute atomic E-state index is 0.156. The summed E-state index contributed by atoms with van der Waals surface area (Å²) >= 11 is 0. The summed E-state index contributed by atoms with van der Waals surface area (Å²) < 4.78 is 27.9. The molecule has 0 aromatic heterocycles. The first-order valence-corrected chi connectivity index (χ1v) is 8.99. The number of sulfonamides is 1. The van der Waals surface area contributed by atoms with Gasteiger partial charge in [0.05, 0.1) is 10.9 Å². The van der Waals surface area contributed by atoms with E-state index in [-0.39, 0.29) is 4.90 Å². The van der Waals surface area contributed by atoms with Crippen LogP contribution in [0, 0.1) is 6.92 Å². The zero-order chi connectivity index (χ0) is 17.2. The molecule has 0 saturated carbocycles. The third-order valence-electron chi connectivity index (χ3n) is 3.83. The van der Waals surface area contributed by atoms with Gasteiger partial charge in [0, 0.05) is 11.1 Å². The average Bonchev–Trinajstić information content (AvgIpc) is 3.25. The molecule has 2 aliphatic rings. The van der Waals surface area contributed by atoms with Gasteiger partial charge in [-0.3, -0.25) is 0 Å². The lowest BCUT2D eigenvalue weighted by atomic mass is 9.98. The van der Waals surface area contributed by atoms with E-state index in [0.29, 0.717) is 11.1 Å². The summed E-state index contributed by atoms with van der Waals surface area (Å²) in [4.78, 5) is 0.156. The van der Waals surface area contributed by atoms with Crippen molar-refractivity contribution in [2.24, 2.45) is 0 Å². The Morgan fingerprint density at radius 2 is 1.58 bits per heavy atom. The maximum atomic E-state index is 12.7. The van der Waals surface area contributed by atoms with Crippen molar-refractivity contribution in [3.05, 3.63) is 88.9 Å². The van der Waals surface area contributed by atoms with Crippen LogP contribution < -0.4 is 4.72 Å². The van der Waals surface area contributed by atoms with E-state index in [2.05, 4.69) is 16.2 Å². The molecule has 2 aliphatic carbocycles. The van der Waals surface area contributed by atoms with Gasteiger partial charge in [0.25, 0.3) is 0 Å². The molecule has 0 amide bonds. The van der Waals surface area contributed by atoms with E-state index in [1.54, 1.807) is 60.7 Å². The Labute approximate surface area is 141 Å². The largest absolute Gasteiger partial charge is 0.386 e. The van der Waals surface area contributed by atoms with Crippen LogP contribution in [0.2, 0.25) is 0 Å². The first kappa shape index (κ1) is 16.5. The molecule has 24 heavy (non-hydrogen) atoms. The van der Waals surface area contributed by atoms with Crippen LogP contribution in [-0.4, -0.2) is 25.7 Å². The number of benzene rings is 1. The first-order valence-electron chi connectivity index (χ1n) is 7.51. The quantitative estimate of drug-likeness (QED) is 0.782. The van der Waals surface area contributed by atoms with Crippen LogP contribution in [0.4, 0.5) is 0 Å². The van der Waals surface area contributed by atoms with Gasteiger partial charge in [-0.2, -0.15) is 0 Å². The van der Waals surface area contributed by atoms with Crippen molar-refractivity contribution >= 4 is 10.0 Å². The second kappa shape index (κ2) is 6.62. The number of nitrogens with one attached hydrogen (secondary N) is 1. The van der Waals surface area contributed by atoms with E-state index in [9.17, 15) is 13.5 Å². The fraction of sp³-hybridized carbons (Fsp3) is 0.158. The standard InChI is InChI=1S/C19H17NO3S/c1-14-10-12-17(13-11-14)24(22,23)20-18(15-6-2-3-7-15)19(21)16-8-4-5-9-16/h2-6,8,10-13,18-21H,1H3/t18-,19+/m0/s1. The number of rotatable bonds is 6. The van der Waals surface area contributed by atoms with E-state index >= 15 is 0 Å². The van der Waals surface area contributed by atoms with Crippen LogP contribution >= 0.6 is 0 Å². The van der Waals surface area contributed by atoms with Gasteiger partial charge in [-0.05, 0) is 43.4 Å². The van der Waals surface area contributed by atoms with E-state index in [1.807, 2.05) is 6.92 Å². The molecule has 0 bridgehead atoms. The second-order valence-corrected chi connectivity index (χ2v) is 7.32. The number of aryl methyl sites for hydroxylation is 1. The molecule has 3 rings (SSSR count). The summed E-state index contributed by atoms with van der Waals surface area (Å²) in [6.45, 7) is 1.89. The minimum Gasteiger partial charge on any atom is -0.386 e. The molecule has 122 valence electrons. The number of hydrogen-bond acceptors (Lipinski definition) is 3. The zero-order valence-corrected chi connectivity index (χ0v) is 13.9. The van der Waals surface area contributed by atoms with Crippen molar-refractivity contribution in [3.63, 3.8) is 0 Å². The van der Waals surface area contributed by atoms with Gasteiger partial charge in [-0.25, -0.2) is 13.1 Å². The molecule has 0 radical (unpaired) electrons. The smallest absolute Gasteiger partial charge is 0.241 e. The van der Waals surface area contributed by atoms with Crippen molar-refractivity contribution in [2.75, 3.05) is 0 Å². The normalized spacial score (nSPS) is 17.9. The van der Waals surface area contributed by atoms with E-state index in [1.165, 1.54) is 0 Å². The van der Waals surface area contributed by atoms with Gasteiger partial charge in [0.15, 0.2) is 0 Å². The maximum absolute atomic E-state index is 12.7. The Bertz CT molecular complexity index is 937. The van der Waals surface area contributed by atoms with Crippen LogP contribution in [0.5, 0.6) is 0 Å². The number of aliphatic hydroxyl groups is 1. The van der Waals surface area contributed by atoms with Gasteiger partial charge >= 0.3 is 0 Å². The van der Waals surface area contributed by atoms with Gasteiger partial charge < -0.3 is 5.11 Å². The Hall–Kier alpha value is -2.39. The highest BCUT2D eigenvalue weighted by atomic mass is 32.2. The van der Waals surface area contributed by atoms with Crippen molar-refractivity contribution in [1.29, 1.82) is 0 Å². The Kier molecular flexibility index (Phi) is 4.54. The van der Waals surface area contributed by atoms with Crippen LogP contribution in [-0.2, 0) is 10.0 Å². The Morgan fingerprint density at radius 1 is 1.00 bits per heavy atom. The second-order valence-electron chi connectivity index (χ2n) is 5.61. The van der Waals surface area contributed by atoms with Gasteiger partial charge in [-0.1, -0.05) is 29.8 Å². The zero-order valence-electron chi connectivity index (χ0n) is 13.1. The lowest BCUT2D eigenvalue weighted by molar-refractivity contribution is 0.190. The molecule has 0 spiro atoms. The van der Waals surface area contributed by atoms with Crippen molar-refractivity contribution in [2.45, 2.75) is 24.0 Å². The minimum atomic E-state index is -3.78. The summed E-state index contributed by atoms with van der Waals surface area (Å²) in [5, 5.41) is 10.6. The molecule has 0 aliphatic heterocycles. The number of allylic oxidation sites excluding steroid dienone is 2. The molecule has 0 heterocycles. The summed E-state index contributed by atoms with van der Waals surface area (Å²) in [5.41, 5.74) is 7.96. The highest BCUT2D eigenvalue weighted by Crippen LogP contribution is 2.21. The number of aliphatic hydroxyl groups excluding tert-OH is 1. The summed E-state index contributed by atoms with van der Waals surface area (Å²) in [5.74, 6) is 0. The third kappa shape index (κ3) is 3.41. The predicted molar refractivity (Wildman–Crippen MR) is 92.8 cm³/mol. The van der Waals surface area contributed by atoms with Gasteiger partial charge in [0.2, 0.25) is 10.0 Å². The lowest BCUT2D eigenvalue weighted by Gasteiger charge is -2.23. The van der Waals surface area contributed by atoms with Crippen molar-refractivity contribution < 1.29 is 13.5 Å². The molecule has 0 saturated heterocycles. The monoisotopic (exact) mass is 339 g/mol. The molecule has 1 aromatic rings. The third-order valence-corrected chi connectivity index (χ3v) is 5.28. The lowest BCUT2D eigenvalue weighted by Crippen LogP contribution is -2.44. The predicted octanol–water partition coefficient (Wildman–Crippen LogP) is 2.31. The molecule has 2 atom stereocenters. The van der Waals surface area contributed by atoms with Crippen molar-refractivity contribution in [1.82, 2.24) is 4.72 Å². The molecule has 4 nitrogen and oxygen atoms in total. The number of hydrogen-bond donors (Lipinski definition) is 2. The molecule has 0 fully saturated rings. The molecule has 1 aromatic carbocycles. The Morgan fingerprint density at radius 3 is 2.12 bits per heavy atom. The molecule has 0 unspecified atom stereocenters. The highest BCUT2D eigenvalue weighted by Gasteiger charge is 2.30. The van der Waals surface area contributed by atoms with Crippen LogP contribution in [0.3, 0.4) is 0 Å². The topological polar surface area (TPSA) is 66.4 Å². The van der Waals surface area contributed by atoms with Crippen LogP contribution in [0.25, 0.3) is 0 Å². The molecule has 5 heteroatoms. The maximum Gasteiger partial charge on any atom is 0.241 e. The fourth-order valence-corrected chi connectivity index (χ4v) is 3.72.